The second-order valence-electron chi connectivity index (χ2n) is 3.47. The van der Waals surface area contributed by atoms with E-state index >= 15 is 0 Å². The van der Waals surface area contributed by atoms with Crippen LogP contribution in [0.25, 0.3) is 0 Å². The highest BCUT2D eigenvalue weighted by Crippen LogP contribution is 2.02. The first-order valence-electron chi connectivity index (χ1n) is 5.09. The first-order chi connectivity index (χ1) is 7.80. The highest BCUT2D eigenvalue weighted by molar-refractivity contribution is 7.89. The quantitative estimate of drug-likeness (QED) is 0.585. The molecule has 0 aromatic carbocycles. The van der Waals surface area contributed by atoms with Crippen molar-refractivity contribution in [3.63, 3.8) is 0 Å². The van der Waals surface area contributed by atoms with E-state index in [4.69, 9.17) is 5.11 Å². The molecule has 0 aromatic rings. The van der Waals surface area contributed by atoms with Gasteiger partial charge in [0, 0.05) is 6.04 Å². The summed E-state index contributed by atoms with van der Waals surface area (Å²) in [5.41, 5.74) is 0. The summed E-state index contributed by atoms with van der Waals surface area (Å²) < 4.78 is 29.5. The fourth-order valence-electron chi connectivity index (χ4n) is 1.11. The van der Waals surface area contributed by atoms with Crippen LogP contribution in [0.2, 0.25) is 0 Å². The van der Waals surface area contributed by atoms with Gasteiger partial charge in [0.15, 0.2) is 0 Å². The van der Waals surface area contributed by atoms with Gasteiger partial charge in [-0.1, -0.05) is 6.92 Å². The lowest BCUT2D eigenvalue weighted by Gasteiger charge is -2.14. The Morgan fingerprint density at radius 3 is 2.41 bits per heavy atom. The molecule has 0 aliphatic heterocycles. The maximum absolute atomic E-state index is 11.5. The van der Waals surface area contributed by atoms with E-state index < -0.39 is 33.8 Å². The predicted molar refractivity (Wildman–Crippen MR) is 59.9 cm³/mol. The number of methoxy groups -OCH3 is 1. The van der Waals surface area contributed by atoms with Gasteiger partial charge in [-0.05, 0) is 6.42 Å². The minimum Gasteiger partial charge on any atom is -0.481 e. The molecule has 0 aliphatic rings. The summed E-state index contributed by atoms with van der Waals surface area (Å²) in [5, 5.41) is 8.56. The topological polar surface area (TPSA) is 110 Å². The fraction of sp³-hybridized carbons (Fsp3) is 0.778. The number of carboxylic acid groups (broad SMARTS) is 1. The number of carbonyl (C=O) groups is 2. The molecular weight excluding hydrogens is 250 g/mol. The van der Waals surface area contributed by atoms with Crippen molar-refractivity contribution in [2.24, 2.45) is 0 Å². The van der Waals surface area contributed by atoms with Crippen LogP contribution in [0.3, 0.4) is 0 Å². The van der Waals surface area contributed by atoms with Crippen LogP contribution in [0.15, 0.2) is 0 Å². The lowest BCUT2D eigenvalue weighted by atomic mass is 10.2. The van der Waals surface area contributed by atoms with Crippen LogP contribution in [0.5, 0.6) is 0 Å². The van der Waals surface area contributed by atoms with Crippen molar-refractivity contribution in [2.45, 2.75) is 32.2 Å². The largest absolute Gasteiger partial charge is 0.481 e. The third-order valence-electron chi connectivity index (χ3n) is 2.06. The normalized spacial score (nSPS) is 13.1. The highest BCUT2D eigenvalue weighted by Gasteiger charge is 2.20. The third kappa shape index (κ3) is 7.70. The number of rotatable bonds is 8. The number of aliphatic carboxylic acids is 1. The van der Waals surface area contributed by atoms with E-state index in [0.29, 0.717) is 6.42 Å². The first kappa shape index (κ1) is 15.9. The molecule has 8 heteroatoms. The van der Waals surface area contributed by atoms with Gasteiger partial charge in [-0.3, -0.25) is 9.59 Å². The van der Waals surface area contributed by atoms with Crippen molar-refractivity contribution in [1.29, 1.82) is 0 Å². The summed E-state index contributed by atoms with van der Waals surface area (Å²) in [7, 11) is -2.49. The zero-order valence-electron chi connectivity index (χ0n) is 9.80. The van der Waals surface area contributed by atoms with Crippen molar-refractivity contribution in [1.82, 2.24) is 4.72 Å². The molecule has 1 unspecified atom stereocenters. The Hall–Kier alpha value is -1.15. The molecule has 0 aromatic heterocycles. The van der Waals surface area contributed by atoms with Gasteiger partial charge < -0.3 is 9.84 Å². The van der Waals surface area contributed by atoms with Crippen molar-refractivity contribution in [2.75, 3.05) is 12.9 Å². The second kappa shape index (κ2) is 7.23. The molecule has 1 atom stereocenters. The molecule has 100 valence electrons. The molecule has 0 aliphatic carbocycles. The zero-order chi connectivity index (χ0) is 13.5. The standard InChI is InChI=1S/C9H17NO6S/c1-3-7(6-8(11)12)10-17(14,15)5-4-9(13)16-2/h7,10H,3-6H2,1-2H3,(H,11,12). The van der Waals surface area contributed by atoms with Crippen LogP contribution < -0.4 is 4.72 Å². The summed E-state index contributed by atoms with van der Waals surface area (Å²) >= 11 is 0. The summed E-state index contributed by atoms with van der Waals surface area (Å²) in [5.74, 6) is -2.11. The summed E-state index contributed by atoms with van der Waals surface area (Å²) in [6, 6.07) is -0.657. The van der Waals surface area contributed by atoms with Gasteiger partial charge in [0.1, 0.15) is 0 Å². The summed E-state index contributed by atoms with van der Waals surface area (Å²) in [6.07, 6.45) is -0.174. The molecule has 7 nitrogen and oxygen atoms in total. The van der Waals surface area contributed by atoms with Crippen molar-refractivity contribution in [3.05, 3.63) is 0 Å². The lowest BCUT2D eigenvalue weighted by molar-refractivity contribution is -0.140. The number of carboxylic acids is 1. The smallest absolute Gasteiger partial charge is 0.306 e. The van der Waals surface area contributed by atoms with Gasteiger partial charge in [-0.15, -0.1) is 0 Å². The molecule has 0 radical (unpaired) electrons. The lowest BCUT2D eigenvalue weighted by Crippen LogP contribution is -2.37. The van der Waals surface area contributed by atoms with E-state index in [1.807, 2.05) is 0 Å². The highest BCUT2D eigenvalue weighted by atomic mass is 32.2. The van der Waals surface area contributed by atoms with Gasteiger partial charge in [-0.2, -0.15) is 0 Å². The van der Waals surface area contributed by atoms with E-state index in [-0.39, 0.29) is 12.8 Å². The average Bonchev–Trinajstić information content (AvgIpc) is 2.24. The SMILES string of the molecule is CCC(CC(=O)O)NS(=O)(=O)CCC(=O)OC. The van der Waals surface area contributed by atoms with Crippen LogP contribution in [0.4, 0.5) is 0 Å². The Morgan fingerprint density at radius 2 is 2.00 bits per heavy atom. The molecule has 0 saturated heterocycles. The van der Waals surface area contributed by atoms with Crippen LogP contribution >= 0.6 is 0 Å². The number of sulfonamides is 1. The van der Waals surface area contributed by atoms with Gasteiger partial charge in [-0.25, -0.2) is 13.1 Å². The summed E-state index contributed by atoms with van der Waals surface area (Å²) in [6.45, 7) is 1.68. The van der Waals surface area contributed by atoms with E-state index in [9.17, 15) is 18.0 Å². The number of carbonyl (C=O) groups excluding carboxylic acids is 1. The fourth-order valence-corrected chi connectivity index (χ4v) is 2.42. The Morgan fingerprint density at radius 1 is 1.41 bits per heavy atom. The second-order valence-corrected chi connectivity index (χ2v) is 5.34. The van der Waals surface area contributed by atoms with Crippen LogP contribution in [-0.4, -0.2) is 44.4 Å². The van der Waals surface area contributed by atoms with Gasteiger partial charge >= 0.3 is 11.9 Å². The molecule has 0 fully saturated rings. The van der Waals surface area contributed by atoms with Crippen LogP contribution in [0.1, 0.15) is 26.2 Å². The number of hydrogen-bond acceptors (Lipinski definition) is 5. The monoisotopic (exact) mass is 267 g/mol. The maximum Gasteiger partial charge on any atom is 0.306 e. The predicted octanol–water partition coefficient (Wildman–Crippen LogP) is -0.278. The molecule has 0 bridgehead atoms. The molecule has 0 amide bonds. The Bertz CT molecular complexity index is 364. The van der Waals surface area contributed by atoms with Crippen molar-refractivity contribution >= 4 is 22.0 Å². The average molecular weight is 267 g/mol. The maximum atomic E-state index is 11.5. The Kier molecular flexibility index (Phi) is 6.74. The van der Waals surface area contributed by atoms with Gasteiger partial charge in [0.25, 0.3) is 0 Å². The molecular formula is C9H17NO6S. The van der Waals surface area contributed by atoms with E-state index in [2.05, 4.69) is 9.46 Å². The minimum atomic E-state index is -3.66. The van der Waals surface area contributed by atoms with Crippen molar-refractivity contribution in [3.8, 4) is 0 Å². The van der Waals surface area contributed by atoms with Crippen LogP contribution in [0, 0.1) is 0 Å². The molecule has 0 rings (SSSR count). The Labute approximate surface area is 100 Å². The third-order valence-corrected chi connectivity index (χ3v) is 3.50. The number of hydrogen-bond donors (Lipinski definition) is 2. The zero-order valence-corrected chi connectivity index (χ0v) is 10.6. The van der Waals surface area contributed by atoms with Crippen molar-refractivity contribution < 1.29 is 27.9 Å². The van der Waals surface area contributed by atoms with E-state index in [1.165, 1.54) is 7.11 Å². The molecule has 17 heavy (non-hydrogen) atoms. The molecule has 0 heterocycles. The molecule has 0 spiro atoms. The van der Waals surface area contributed by atoms with Crippen LogP contribution in [-0.2, 0) is 24.3 Å². The number of esters is 1. The molecule has 2 N–H and O–H groups in total. The first-order valence-corrected chi connectivity index (χ1v) is 6.74. The summed E-state index contributed by atoms with van der Waals surface area (Å²) in [4.78, 5) is 21.2. The number of nitrogens with one attached hydrogen (secondary N) is 1. The Balaban J connectivity index is 4.31. The molecule has 0 saturated carbocycles. The van der Waals surface area contributed by atoms with E-state index in [1.54, 1.807) is 6.92 Å². The van der Waals surface area contributed by atoms with Gasteiger partial charge in [0.2, 0.25) is 10.0 Å². The number of ether oxygens (including phenoxy) is 1. The minimum absolute atomic E-state index is 0.255. The van der Waals surface area contributed by atoms with Gasteiger partial charge in [0.05, 0.1) is 25.7 Å². The van der Waals surface area contributed by atoms with E-state index in [0.717, 1.165) is 0 Å².